The molecule has 1 heteroatoms. The van der Waals surface area contributed by atoms with E-state index in [2.05, 4.69) is 150 Å². The fourth-order valence-corrected chi connectivity index (χ4v) is 7.74. The Labute approximate surface area is 234 Å². The van der Waals surface area contributed by atoms with E-state index in [4.69, 9.17) is 0 Å². The first-order chi connectivity index (χ1) is 19.8. The van der Waals surface area contributed by atoms with Crippen molar-refractivity contribution < 1.29 is 0 Å². The zero-order valence-corrected chi connectivity index (χ0v) is 22.1. The number of nitrogens with zero attached hydrogens (tertiary/aromatic N) is 1. The van der Waals surface area contributed by atoms with E-state index in [1.165, 1.54) is 66.7 Å². The molecule has 40 heavy (non-hydrogen) atoms. The summed E-state index contributed by atoms with van der Waals surface area (Å²) in [5.41, 5.74) is 14.8. The molecule has 1 spiro atoms. The molecule has 3 aliphatic carbocycles. The number of hydrogen-bond donors (Lipinski definition) is 0. The van der Waals surface area contributed by atoms with Gasteiger partial charge in [0.1, 0.15) is 0 Å². The van der Waals surface area contributed by atoms with Gasteiger partial charge in [0, 0.05) is 23.2 Å². The maximum Gasteiger partial charge on any atom is 0.0722 e. The monoisotopic (exact) mass is 509 g/mol. The van der Waals surface area contributed by atoms with Crippen LogP contribution in [0.25, 0.3) is 33.3 Å². The normalized spacial score (nSPS) is 17.6. The van der Waals surface area contributed by atoms with E-state index in [-0.39, 0.29) is 5.41 Å². The number of benzene rings is 5. The average molecular weight is 510 g/mol. The highest BCUT2D eigenvalue weighted by molar-refractivity contribution is 6.00. The molecule has 1 unspecified atom stereocenters. The minimum absolute atomic E-state index is 0.269. The minimum atomic E-state index is -0.269. The summed E-state index contributed by atoms with van der Waals surface area (Å²) in [6.07, 6.45) is 8.31. The quantitative estimate of drug-likeness (QED) is 0.219. The molecule has 3 aliphatic rings. The van der Waals surface area contributed by atoms with E-state index in [1.54, 1.807) is 0 Å². The van der Waals surface area contributed by atoms with E-state index < -0.39 is 0 Å². The van der Waals surface area contributed by atoms with Crippen molar-refractivity contribution in [1.29, 1.82) is 0 Å². The number of allylic oxidation sites excluding steroid dienone is 4. The van der Waals surface area contributed by atoms with E-state index in [9.17, 15) is 0 Å². The Balaban J connectivity index is 1.24. The van der Waals surface area contributed by atoms with Crippen molar-refractivity contribution in [2.75, 3.05) is 0 Å². The van der Waals surface area contributed by atoms with Crippen molar-refractivity contribution in [3.8, 4) is 16.8 Å². The number of fused-ring (bicyclic) bond motifs is 11. The Morgan fingerprint density at radius 2 is 1.23 bits per heavy atom. The van der Waals surface area contributed by atoms with Gasteiger partial charge in [-0.1, -0.05) is 109 Å². The van der Waals surface area contributed by atoms with Crippen molar-refractivity contribution >= 4 is 16.5 Å². The standard InChI is InChI=1S/C39H27N/c1-2-10-29(11-3-1)40-23-22-28-24-26(19-21-38(28)40)27-18-20-33-32-14-6-9-17-36(32)39(37(33)25-27)34-15-7-4-12-30(34)31-13-5-8-16-35(31)39/h1-17,19-25,27H,18H2. The van der Waals surface area contributed by atoms with Gasteiger partial charge in [-0.25, -0.2) is 0 Å². The summed E-state index contributed by atoms with van der Waals surface area (Å²) in [7, 11) is 0. The Kier molecular flexibility index (Phi) is 4.43. The van der Waals surface area contributed by atoms with Gasteiger partial charge in [0.05, 0.1) is 10.9 Å². The summed E-state index contributed by atoms with van der Waals surface area (Å²) < 4.78 is 2.28. The van der Waals surface area contributed by atoms with Crippen LogP contribution < -0.4 is 0 Å². The van der Waals surface area contributed by atoms with E-state index in [0.29, 0.717) is 5.92 Å². The van der Waals surface area contributed by atoms with Gasteiger partial charge in [0.2, 0.25) is 0 Å². The number of para-hydroxylation sites is 1. The molecule has 0 radical (unpaired) electrons. The molecular formula is C39H27N. The maximum absolute atomic E-state index is 2.60. The predicted molar refractivity (Wildman–Crippen MR) is 165 cm³/mol. The van der Waals surface area contributed by atoms with Crippen molar-refractivity contribution in [2.45, 2.75) is 17.8 Å². The molecule has 9 rings (SSSR count). The third kappa shape index (κ3) is 2.77. The highest BCUT2D eigenvalue weighted by atomic mass is 15.0. The topological polar surface area (TPSA) is 4.93 Å². The van der Waals surface area contributed by atoms with E-state index in [1.807, 2.05) is 0 Å². The fraction of sp³-hybridized carbons (Fsp3) is 0.0769. The van der Waals surface area contributed by atoms with E-state index >= 15 is 0 Å². The molecule has 5 aromatic carbocycles. The van der Waals surface area contributed by atoms with Crippen molar-refractivity contribution in [1.82, 2.24) is 4.57 Å². The molecular weight excluding hydrogens is 482 g/mol. The number of aromatic nitrogens is 1. The highest BCUT2D eigenvalue weighted by Crippen LogP contribution is 2.64. The first kappa shape index (κ1) is 22.0. The molecule has 0 bridgehead atoms. The molecule has 0 saturated heterocycles. The Morgan fingerprint density at radius 3 is 1.95 bits per heavy atom. The van der Waals surface area contributed by atoms with Gasteiger partial charge in [0.25, 0.3) is 0 Å². The van der Waals surface area contributed by atoms with Gasteiger partial charge in [-0.3, -0.25) is 0 Å². The molecule has 0 amide bonds. The van der Waals surface area contributed by atoms with Gasteiger partial charge in [-0.2, -0.15) is 0 Å². The van der Waals surface area contributed by atoms with Crippen LogP contribution in [-0.4, -0.2) is 4.57 Å². The molecule has 1 aromatic heterocycles. The average Bonchev–Trinajstić information content (AvgIpc) is 3.68. The van der Waals surface area contributed by atoms with Gasteiger partial charge < -0.3 is 4.57 Å². The SMILES string of the molecule is C1=C2C(=CC(c3ccc4c(ccn4-c4ccccc4)c3)C1)C1(c3ccccc32)c2ccccc2-c2ccccc21. The minimum Gasteiger partial charge on any atom is -0.317 e. The number of rotatable bonds is 2. The van der Waals surface area contributed by atoms with Crippen LogP contribution >= 0.6 is 0 Å². The maximum atomic E-state index is 2.60. The summed E-state index contributed by atoms with van der Waals surface area (Å²) in [5, 5.41) is 1.29. The summed E-state index contributed by atoms with van der Waals surface area (Å²) in [4.78, 5) is 0. The van der Waals surface area contributed by atoms with Crippen LogP contribution in [0.5, 0.6) is 0 Å². The fourth-order valence-electron chi connectivity index (χ4n) is 7.74. The van der Waals surface area contributed by atoms with Crippen LogP contribution in [0.3, 0.4) is 0 Å². The first-order valence-corrected chi connectivity index (χ1v) is 14.2. The highest BCUT2D eigenvalue weighted by Gasteiger charge is 2.53. The summed E-state index contributed by atoms with van der Waals surface area (Å²) >= 11 is 0. The second-order valence-electron chi connectivity index (χ2n) is 11.3. The molecule has 0 aliphatic heterocycles. The Morgan fingerprint density at radius 1 is 0.600 bits per heavy atom. The smallest absolute Gasteiger partial charge is 0.0722 e. The van der Waals surface area contributed by atoms with E-state index in [0.717, 1.165) is 6.42 Å². The van der Waals surface area contributed by atoms with Crippen LogP contribution in [0, 0.1) is 0 Å². The molecule has 0 N–H and O–H groups in total. The van der Waals surface area contributed by atoms with Gasteiger partial charge in [-0.15, -0.1) is 0 Å². The summed E-state index contributed by atoms with van der Waals surface area (Å²) in [6, 6.07) is 47.1. The van der Waals surface area contributed by atoms with Gasteiger partial charge in [-0.05, 0) is 86.8 Å². The van der Waals surface area contributed by atoms with Crippen molar-refractivity contribution in [2.24, 2.45) is 0 Å². The zero-order chi connectivity index (χ0) is 26.3. The molecule has 0 fully saturated rings. The molecule has 1 nitrogen and oxygen atoms in total. The van der Waals surface area contributed by atoms with Crippen molar-refractivity contribution in [3.05, 3.63) is 179 Å². The summed E-state index contributed by atoms with van der Waals surface area (Å²) in [6.45, 7) is 0. The lowest BCUT2D eigenvalue weighted by atomic mass is 9.68. The van der Waals surface area contributed by atoms with Crippen LogP contribution in [0.15, 0.2) is 151 Å². The molecule has 1 heterocycles. The zero-order valence-electron chi connectivity index (χ0n) is 22.1. The molecule has 1 atom stereocenters. The van der Waals surface area contributed by atoms with Crippen LogP contribution in [0.4, 0.5) is 0 Å². The Hall–Kier alpha value is -4.88. The second kappa shape index (κ2) is 8.07. The van der Waals surface area contributed by atoms with Crippen LogP contribution in [0.1, 0.15) is 40.2 Å². The molecule has 0 saturated carbocycles. The lowest BCUT2D eigenvalue weighted by Crippen LogP contribution is -2.27. The van der Waals surface area contributed by atoms with Crippen molar-refractivity contribution in [3.63, 3.8) is 0 Å². The van der Waals surface area contributed by atoms with Crippen LogP contribution in [-0.2, 0) is 5.41 Å². The predicted octanol–water partition coefficient (Wildman–Crippen LogP) is 9.46. The second-order valence-corrected chi connectivity index (χ2v) is 11.3. The lowest BCUT2D eigenvalue weighted by Gasteiger charge is -2.33. The lowest BCUT2D eigenvalue weighted by molar-refractivity contribution is 0.759. The molecule has 188 valence electrons. The first-order valence-electron chi connectivity index (χ1n) is 14.2. The summed E-state index contributed by atoms with van der Waals surface area (Å²) in [5.74, 6) is 0.328. The van der Waals surface area contributed by atoms with Gasteiger partial charge in [0.15, 0.2) is 0 Å². The van der Waals surface area contributed by atoms with Crippen LogP contribution in [0.2, 0.25) is 0 Å². The molecule has 6 aromatic rings. The Bertz CT molecular complexity index is 1990. The van der Waals surface area contributed by atoms with Gasteiger partial charge >= 0.3 is 0 Å². The number of hydrogen-bond acceptors (Lipinski definition) is 0. The third-order valence-corrected chi connectivity index (χ3v) is 9.39. The third-order valence-electron chi connectivity index (χ3n) is 9.39. The largest absolute Gasteiger partial charge is 0.317 e.